The Labute approximate surface area is 199 Å². The molecule has 0 aliphatic rings. The highest BCUT2D eigenvalue weighted by Gasteiger charge is 2.28. The first kappa shape index (κ1) is 25.5. The summed E-state index contributed by atoms with van der Waals surface area (Å²) in [6.45, 7) is 6.77. The zero-order valence-corrected chi connectivity index (χ0v) is 20.6. The third-order valence-corrected chi connectivity index (χ3v) is 5.96. The van der Waals surface area contributed by atoms with Gasteiger partial charge in [-0.1, -0.05) is 30.3 Å². The normalized spacial score (nSPS) is 12.4. The van der Waals surface area contributed by atoms with Gasteiger partial charge in [-0.15, -0.1) is 0 Å². The number of hydrogen-bond donors (Lipinski definition) is 3. The minimum Gasteiger partial charge on any atom is -0.470 e. The van der Waals surface area contributed by atoms with E-state index in [0.29, 0.717) is 31.5 Å². The van der Waals surface area contributed by atoms with Crippen molar-refractivity contribution in [1.29, 1.82) is 0 Å². The van der Waals surface area contributed by atoms with Crippen LogP contribution in [0.2, 0.25) is 0 Å². The van der Waals surface area contributed by atoms with Crippen LogP contribution in [0, 0.1) is 0 Å². The van der Waals surface area contributed by atoms with Gasteiger partial charge in [0.05, 0.1) is 25.4 Å². The Morgan fingerprint density at radius 2 is 1.82 bits per heavy atom. The third kappa shape index (κ3) is 6.68. The van der Waals surface area contributed by atoms with Crippen LogP contribution in [0.15, 0.2) is 42.9 Å². The highest BCUT2D eigenvalue weighted by Crippen LogP contribution is 2.29. The van der Waals surface area contributed by atoms with E-state index < -0.39 is 11.1 Å². The molecule has 9 heteroatoms. The van der Waals surface area contributed by atoms with Gasteiger partial charge in [-0.25, -0.2) is 4.98 Å². The summed E-state index contributed by atoms with van der Waals surface area (Å²) in [5, 5.41) is 23.1. The second-order valence-corrected chi connectivity index (χ2v) is 9.93. The predicted octanol–water partition coefficient (Wildman–Crippen LogP) is 2.96. The topological polar surface area (TPSA) is 102 Å². The standard InChI is InChI=1S/C24H34N4O4S/c1-23(2,3)32-22-21-20(25-16-26-22)19(10-27-24(13-29,14-30)15-33-4)11-28(21)17-31-12-18-8-6-5-7-9-18/h5-9,11,16,27,29-30H,10,12-15,17H2,1-4H3. The molecule has 0 saturated heterocycles. The molecule has 0 bridgehead atoms. The number of hydrogen-bond acceptors (Lipinski definition) is 8. The molecule has 180 valence electrons. The fourth-order valence-corrected chi connectivity index (χ4v) is 4.30. The van der Waals surface area contributed by atoms with Gasteiger partial charge in [-0.2, -0.15) is 16.7 Å². The number of aliphatic hydroxyl groups excluding tert-OH is 2. The first-order chi connectivity index (χ1) is 15.8. The Morgan fingerprint density at radius 1 is 1.09 bits per heavy atom. The Bertz CT molecular complexity index is 1020. The van der Waals surface area contributed by atoms with Crippen molar-refractivity contribution in [2.75, 3.05) is 25.2 Å². The minimum absolute atomic E-state index is 0.170. The Morgan fingerprint density at radius 3 is 2.45 bits per heavy atom. The van der Waals surface area contributed by atoms with Crippen molar-refractivity contribution >= 4 is 22.8 Å². The molecular formula is C24H34N4O4S. The van der Waals surface area contributed by atoms with Gasteiger partial charge >= 0.3 is 0 Å². The van der Waals surface area contributed by atoms with E-state index in [1.165, 1.54) is 6.33 Å². The second kappa shape index (κ2) is 11.3. The van der Waals surface area contributed by atoms with Gasteiger partial charge < -0.3 is 29.6 Å². The van der Waals surface area contributed by atoms with Gasteiger partial charge in [0.1, 0.15) is 29.7 Å². The summed E-state index contributed by atoms with van der Waals surface area (Å²) in [6.07, 6.45) is 5.40. The number of nitrogens with zero attached hydrogens (tertiary/aromatic N) is 3. The summed E-state index contributed by atoms with van der Waals surface area (Å²) >= 11 is 1.57. The molecule has 2 heterocycles. The number of nitrogens with one attached hydrogen (secondary N) is 1. The average molecular weight is 475 g/mol. The molecule has 0 fully saturated rings. The van der Waals surface area contributed by atoms with Gasteiger partial charge in [0, 0.05) is 24.1 Å². The molecule has 0 aliphatic heterocycles. The van der Waals surface area contributed by atoms with Crippen molar-refractivity contribution in [2.24, 2.45) is 0 Å². The highest BCUT2D eigenvalue weighted by molar-refractivity contribution is 7.98. The zero-order chi connectivity index (χ0) is 23.9. The van der Waals surface area contributed by atoms with Crippen molar-refractivity contribution in [3.8, 4) is 5.88 Å². The second-order valence-electron chi connectivity index (χ2n) is 9.06. The lowest BCUT2D eigenvalue weighted by molar-refractivity contribution is 0.0654. The molecule has 33 heavy (non-hydrogen) atoms. The smallest absolute Gasteiger partial charge is 0.242 e. The van der Waals surface area contributed by atoms with Crippen molar-refractivity contribution in [3.63, 3.8) is 0 Å². The Balaban J connectivity index is 1.90. The summed E-state index contributed by atoms with van der Waals surface area (Å²) in [5.41, 5.74) is 2.28. The maximum Gasteiger partial charge on any atom is 0.242 e. The van der Waals surface area contributed by atoms with Crippen LogP contribution in [0.1, 0.15) is 31.9 Å². The predicted molar refractivity (Wildman–Crippen MR) is 131 cm³/mol. The maximum atomic E-state index is 9.89. The number of aliphatic hydroxyl groups is 2. The SMILES string of the molecule is CSCC(CO)(CO)NCc1cn(COCc2ccccc2)c2c(OC(C)(C)C)ncnc12. The van der Waals surface area contributed by atoms with Crippen molar-refractivity contribution in [2.45, 2.75) is 51.8 Å². The summed E-state index contributed by atoms with van der Waals surface area (Å²) in [5.74, 6) is 1.06. The van der Waals surface area contributed by atoms with Gasteiger partial charge in [0.2, 0.25) is 5.88 Å². The molecule has 8 nitrogen and oxygen atoms in total. The molecule has 0 aliphatic carbocycles. The van der Waals surface area contributed by atoms with E-state index in [4.69, 9.17) is 9.47 Å². The monoisotopic (exact) mass is 474 g/mol. The Hall–Kier alpha value is -2.17. The van der Waals surface area contributed by atoms with Crippen LogP contribution in [0.4, 0.5) is 0 Å². The highest BCUT2D eigenvalue weighted by atomic mass is 32.2. The maximum absolute atomic E-state index is 9.89. The number of thioether (sulfide) groups is 1. The van der Waals surface area contributed by atoms with Crippen LogP contribution in [-0.2, 0) is 24.6 Å². The van der Waals surface area contributed by atoms with Crippen LogP contribution >= 0.6 is 11.8 Å². The quantitative estimate of drug-likeness (QED) is 0.368. The van der Waals surface area contributed by atoms with Gasteiger partial charge in [0.15, 0.2) is 0 Å². The molecule has 0 saturated carbocycles. The van der Waals surface area contributed by atoms with E-state index in [1.54, 1.807) is 11.8 Å². The van der Waals surface area contributed by atoms with E-state index in [0.717, 1.165) is 22.2 Å². The van der Waals surface area contributed by atoms with Crippen LogP contribution in [0.3, 0.4) is 0 Å². The number of ether oxygens (including phenoxy) is 2. The molecule has 3 N–H and O–H groups in total. The van der Waals surface area contributed by atoms with Crippen LogP contribution in [-0.4, -0.2) is 61.1 Å². The first-order valence-corrected chi connectivity index (χ1v) is 12.3. The van der Waals surface area contributed by atoms with Crippen molar-refractivity contribution in [3.05, 3.63) is 54.0 Å². The summed E-state index contributed by atoms with van der Waals surface area (Å²) in [4.78, 5) is 8.91. The van der Waals surface area contributed by atoms with Gasteiger partial charge in [-0.05, 0) is 32.6 Å². The Kier molecular flexibility index (Phi) is 8.72. The zero-order valence-electron chi connectivity index (χ0n) is 19.7. The third-order valence-electron chi connectivity index (χ3n) is 5.12. The van der Waals surface area contributed by atoms with E-state index in [-0.39, 0.29) is 13.2 Å². The lowest BCUT2D eigenvalue weighted by Gasteiger charge is -2.30. The molecule has 3 rings (SSSR count). The molecule has 1 aromatic carbocycles. The fourth-order valence-electron chi connectivity index (χ4n) is 3.47. The fraction of sp³-hybridized carbons (Fsp3) is 0.500. The van der Waals surface area contributed by atoms with Gasteiger partial charge in [0.25, 0.3) is 0 Å². The molecule has 0 radical (unpaired) electrons. The van der Waals surface area contributed by atoms with Crippen molar-refractivity contribution in [1.82, 2.24) is 19.9 Å². The van der Waals surface area contributed by atoms with E-state index in [9.17, 15) is 10.2 Å². The number of rotatable bonds is 12. The van der Waals surface area contributed by atoms with E-state index in [2.05, 4.69) is 15.3 Å². The largest absolute Gasteiger partial charge is 0.470 e. The molecule has 0 unspecified atom stereocenters. The molecular weight excluding hydrogens is 440 g/mol. The molecule has 3 aromatic rings. The number of benzene rings is 1. The van der Waals surface area contributed by atoms with Crippen LogP contribution < -0.4 is 10.1 Å². The average Bonchev–Trinajstić information content (AvgIpc) is 3.15. The number of fused-ring (bicyclic) bond motifs is 1. The summed E-state index contributed by atoms with van der Waals surface area (Å²) < 4.78 is 14.1. The molecule has 0 atom stereocenters. The van der Waals surface area contributed by atoms with Crippen LogP contribution in [0.5, 0.6) is 5.88 Å². The summed E-state index contributed by atoms with van der Waals surface area (Å²) in [7, 11) is 0. The van der Waals surface area contributed by atoms with Crippen LogP contribution in [0.25, 0.3) is 11.0 Å². The lowest BCUT2D eigenvalue weighted by atomic mass is 10.0. The van der Waals surface area contributed by atoms with E-state index >= 15 is 0 Å². The minimum atomic E-state index is -0.782. The van der Waals surface area contributed by atoms with Gasteiger partial charge in [-0.3, -0.25) is 0 Å². The molecule has 2 aromatic heterocycles. The lowest BCUT2D eigenvalue weighted by Crippen LogP contribution is -2.53. The molecule has 0 spiro atoms. The number of aromatic nitrogens is 3. The molecule has 0 amide bonds. The van der Waals surface area contributed by atoms with Crippen molar-refractivity contribution < 1.29 is 19.7 Å². The van der Waals surface area contributed by atoms with E-state index in [1.807, 2.05) is 68.1 Å². The summed E-state index contributed by atoms with van der Waals surface area (Å²) in [6, 6.07) is 10.00. The first-order valence-electron chi connectivity index (χ1n) is 10.9.